The predicted octanol–water partition coefficient (Wildman–Crippen LogP) is 2.58. The largest absolute Gasteiger partial charge is 0.378 e. The summed E-state index contributed by atoms with van der Waals surface area (Å²) in [5.74, 6) is -1.28. The minimum atomic E-state index is -0.898. The first-order chi connectivity index (χ1) is 9.59. The zero-order valence-electron chi connectivity index (χ0n) is 10.9. The van der Waals surface area contributed by atoms with Crippen LogP contribution >= 0.6 is 11.6 Å². The van der Waals surface area contributed by atoms with Crippen LogP contribution in [0.3, 0.4) is 0 Å². The van der Waals surface area contributed by atoms with E-state index in [-0.39, 0.29) is 5.52 Å². The van der Waals surface area contributed by atoms with Crippen molar-refractivity contribution in [2.24, 2.45) is 0 Å². The Balaban J connectivity index is 2.24. The molecule has 0 N–H and O–H groups in total. The molecule has 108 valence electrons. The van der Waals surface area contributed by atoms with Crippen LogP contribution in [0.15, 0.2) is 12.1 Å². The number of hydrogen-bond acceptors (Lipinski definition) is 3. The number of benzene rings is 1. The topological polar surface area (TPSA) is 30.3 Å². The summed E-state index contributed by atoms with van der Waals surface area (Å²) in [6.45, 7) is 3.99. The van der Waals surface area contributed by atoms with Crippen molar-refractivity contribution >= 4 is 22.6 Å². The van der Waals surface area contributed by atoms with E-state index >= 15 is 0 Å². The predicted molar refractivity (Wildman–Crippen MR) is 72.7 cm³/mol. The van der Waals surface area contributed by atoms with Gasteiger partial charge in [-0.25, -0.2) is 18.4 Å². The fraction of sp³-hybridized carbons (Fsp3) is 0.462. The van der Waals surface area contributed by atoms with Crippen LogP contribution in [0.1, 0.15) is 18.1 Å². The molecule has 1 fully saturated rings. The standard InChI is InChI=1S/C13H14ClF2N3O/c1-8(14)13-17-10-3-2-9(15)11(16)12(10)19(13)18-4-6-20-7-5-18/h2-3,8H,4-7H2,1H3. The number of aromatic nitrogens is 2. The summed E-state index contributed by atoms with van der Waals surface area (Å²) in [4.78, 5) is 4.33. The summed E-state index contributed by atoms with van der Waals surface area (Å²) in [5.41, 5.74) is 0.535. The zero-order chi connectivity index (χ0) is 14.3. The van der Waals surface area contributed by atoms with Crippen molar-refractivity contribution in [3.8, 4) is 0 Å². The lowest BCUT2D eigenvalue weighted by Gasteiger charge is -2.31. The molecule has 0 saturated carbocycles. The summed E-state index contributed by atoms with van der Waals surface area (Å²) in [6, 6.07) is 2.55. The van der Waals surface area contributed by atoms with Gasteiger partial charge in [-0.1, -0.05) is 0 Å². The van der Waals surface area contributed by atoms with Crippen LogP contribution in [0.25, 0.3) is 11.0 Å². The Morgan fingerprint density at radius 3 is 2.65 bits per heavy atom. The molecule has 2 heterocycles. The number of ether oxygens (including phenoxy) is 1. The number of fused-ring (bicyclic) bond motifs is 1. The third-order valence-electron chi connectivity index (χ3n) is 3.34. The van der Waals surface area contributed by atoms with Crippen LogP contribution in [-0.2, 0) is 4.74 Å². The molecule has 7 heteroatoms. The van der Waals surface area contributed by atoms with E-state index in [1.54, 1.807) is 11.6 Å². The highest BCUT2D eigenvalue weighted by molar-refractivity contribution is 6.20. The fourth-order valence-corrected chi connectivity index (χ4v) is 2.55. The second kappa shape index (κ2) is 5.18. The van der Waals surface area contributed by atoms with Gasteiger partial charge < -0.3 is 9.75 Å². The van der Waals surface area contributed by atoms with E-state index in [0.717, 1.165) is 6.07 Å². The van der Waals surface area contributed by atoms with Gasteiger partial charge in [-0.2, -0.15) is 0 Å². The number of imidazole rings is 1. The molecule has 1 aliphatic heterocycles. The summed E-state index contributed by atoms with van der Waals surface area (Å²) < 4.78 is 34.5. The lowest BCUT2D eigenvalue weighted by molar-refractivity contribution is 0.111. The van der Waals surface area contributed by atoms with Gasteiger partial charge in [0, 0.05) is 0 Å². The number of alkyl halides is 1. The van der Waals surface area contributed by atoms with E-state index in [1.807, 2.05) is 5.01 Å². The molecule has 1 aromatic heterocycles. The van der Waals surface area contributed by atoms with Gasteiger partial charge in [0.25, 0.3) is 0 Å². The highest BCUT2D eigenvalue weighted by Gasteiger charge is 2.24. The Bertz CT molecular complexity index is 638. The number of morpholine rings is 1. The van der Waals surface area contributed by atoms with Crippen molar-refractivity contribution in [3.05, 3.63) is 29.6 Å². The second-order valence-corrected chi connectivity index (χ2v) is 5.35. The van der Waals surface area contributed by atoms with E-state index in [2.05, 4.69) is 4.98 Å². The Morgan fingerprint density at radius 1 is 1.30 bits per heavy atom. The smallest absolute Gasteiger partial charge is 0.186 e. The first kappa shape index (κ1) is 13.6. The highest BCUT2D eigenvalue weighted by Crippen LogP contribution is 2.28. The Hall–Kier alpha value is -1.40. The van der Waals surface area contributed by atoms with E-state index in [4.69, 9.17) is 16.3 Å². The molecule has 20 heavy (non-hydrogen) atoms. The molecule has 1 aromatic carbocycles. The Kier molecular flexibility index (Phi) is 3.52. The van der Waals surface area contributed by atoms with Gasteiger partial charge in [0.15, 0.2) is 11.6 Å². The maximum atomic E-state index is 14.2. The van der Waals surface area contributed by atoms with E-state index in [9.17, 15) is 8.78 Å². The fourth-order valence-electron chi connectivity index (χ4n) is 2.40. The molecular formula is C13H14ClF2N3O. The van der Waals surface area contributed by atoms with Crippen LogP contribution in [0, 0.1) is 11.6 Å². The first-order valence-corrected chi connectivity index (χ1v) is 6.86. The van der Waals surface area contributed by atoms with Crippen molar-refractivity contribution in [1.29, 1.82) is 0 Å². The zero-order valence-corrected chi connectivity index (χ0v) is 11.7. The molecule has 1 atom stereocenters. The Morgan fingerprint density at radius 2 is 2.00 bits per heavy atom. The third kappa shape index (κ3) is 2.13. The number of rotatable bonds is 2. The molecule has 3 rings (SSSR count). The monoisotopic (exact) mass is 301 g/mol. The van der Waals surface area contributed by atoms with Crippen molar-refractivity contribution in [2.45, 2.75) is 12.3 Å². The van der Waals surface area contributed by atoms with Crippen molar-refractivity contribution < 1.29 is 13.5 Å². The minimum Gasteiger partial charge on any atom is -0.378 e. The van der Waals surface area contributed by atoms with Gasteiger partial charge >= 0.3 is 0 Å². The quantitative estimate of drug-likeness (QED) is 0.799. The van der Waals surface area contributed by atoms with Crippen molar-refractivity contribution in [3.63, 3.8) is 0 Å². The normalized spacial score (nSPS) is 17.7. The van der Waals surface area contributed by atoms with E-state index in [0.29, 0.717) is 37.6 Å². The van der Waals surface area contributed by atoms with Crippen LogP contribution in [-0.4, -0.2) is 36.0 Å². The molecule has 0 bridgehead atoms. The molecule has 0 aliphatic carbocycles. The molecule has 0 amide bonds. The number of nitrogens with zero attached hydrogens (tertiary/aromatic N) is 3. The molecule has 1 aliphatic rings. The van der Waals surface area contributed by atoms with Crippen LogP contribution in [0.5, 0.6) is 0 Å². The second-order valence-electron chi connectivity index (χ2n) is 4.69. The molecule has 1 saturated heterocycles. The molecule has 4 nitrogen and oxygen atoms in total. The van der Waals surface area contributed by atoms with Gasteiger partial charge in [0.2, 0.25) is 0 Å². The lowest BCUT2D eigenvalue weighted by atomic mass is 10.3. The SMILES string of the molecule is CC(Cl)c1nc2ccc(F)c(F)c2n1N1CCOCC1. The summed E-state index contributed by atoms with van der Waals surface area (Å²) >= 11 is 6.13. The van der Waals surface area contributed by atoms with Gasteiger partial charge in [-0.15, -0.1) is 11.6 Å². The van der Waals surface area contributed by atoms with Crippen LogP contribution < -0.4 is 5.01 Å². The molecule has 1 unspecified atom stereocenters. The maximum Gasteiger partial charge on any atom is 0.186 e. The highest BCUT2D eigenvalue weighted by atomic mass is 35.5. The van der Waals surface area contributed by atoms with E-state index < -0.39 is 17.0 Å². The van der Waals surface area contributed by atoms with Crippen molar-refractivity contribution in [1.82, 2.24) is 9.66 Å². The minimum absolute atomic E-state index is 0.134. The maximum absolute atomic E-state index is 14.2. The Labute approximate surface area is 119 Å². The summed E-state index contributed by atoms with van der Waals surface area (Å²) in [7, 11) is 0. The van der Waals surface area contributed by atoms with Gasteiger partial charge in [-0.3, -0.25) is 0 Å². The van der Waals surface area contributed by atoms with Crippen LogP contribution in [0.4, 0.5) is 8.78 Å². The van der Waals surface area contributed by atoms with Gasteiger partial charge in [-0.05, 0) is 19.1 Å². The number of hydrogen-bond donors (Lipinski definition) is 0. The summed E-state index contributed by atoms with van der Waals surface area (Å²) in [6.07, 6.45) is 0. The molecular weight excluding hydrogens is 288 g/mol. The third-order valence-corrected chi connectivity index (χ3v) is 3.53. The lowest BCUT2D eigenvalue weighted by Crippen LogP contribution is -2.45. The van der Waals surface area contributed by atoms with Crippen LogP contribution in [0.2, 0.25) is 0 Å². The number of halogens is 3. The average molecular weight is 302 g/mol. The molecule has 0 spiro atoms. The molecule has 0 radical (unpaired) electrons. The average Bonchev–Trinajstić information content (AvgIpc) is 2.84. The van der Waals surface area contributed by atoms with Crippen molar-refractivity contribution in [2.75, 3.05) is 31.3 Å². The summed E-state index contributed by atoms with van der Waals surface area (Å²) in [5, 5.41) is 1.47. The van der Waals surface area contributed by atoms with Gasteiger partial charge in [0.05, 0.1) is 37.2 Å². The molecule has 2 aromatic rings. The van der Waals surface area contributed by atoms with Gasteiger partial charge in [0.1, 0.15) is 11.3 Å². The van der Waals surface area contributed by atoms with E-state index in [1.165, 1.54) is 6.07 Å². The first-order valence-electron chi connectivity index (χ1n) is 6.43.